The van der Waals surface area contributed by atoms with E-state index in [1.165, 1.54) is 0 Å². The average Bonchev–Trinajstić information content (AvgIpc) is 3.62. The molecule has 1 N–H and O–H groups in total. The molecule has 0 spiro atoms. The molecule has 2 unspecified atom stereocenters. The standard InChI is InChI=1S/C33H37N5O4/c34-22-33(24-9-2-1-3-10-24)15-19-37(20-16-33)32(42)28-12-6-18-36(28)17-5-8-23-7-4-11-25-26(23)21-38(31(25)41)27-13-14-29(39)35-30(27)40/h1-4,7,9-11,27-28H,5-6,8,12-21H2,(H,35,39,40). The summed E-state index contributed by atoms with van der Waals surface area (Å²) in [7, 11) is 0. The van der Waals surface area contributed by atoms with Gasteiger partial charge < -0.3 is 9.80 Å². The fourth-order valence-corrected chi connectivity index (χ4v) is 7.27. The number of piperidine rings is 2. The van der Waals surface area contributed by atoms with Gasteiger partial charge in [0, 0.05) is 31.6 Å². The van der Waals surface area contributed by atoms with Gasteiger partial charge in [-0.1, -0.05) is 42.5 Å². The number of rotatable bonds is 7. The molecule has 9 nitrogen and oxygen atoms in total. The Kier molecular flexibility index (Phi) is 7.82. The maximum absolute atomic E-state index is 13.6. The van der Waals surface area contributed by atoms with Crippen LogP contribution in [-0.4, -0.2) is 76.6 Å². The van der Waals surface area contributed by atoms with Crippen molar-refractivity contribution >= 4 is 23.6 Å². The Morgan fingerprint density at radius 2 is 1.79 bits per heavy atom. The monoisotopic (exact) mass is 567 g/mol. The summed E-state index contributed by atoms with van der Waals surface area (Å²) in [5.74, 6) is -0.660. The molecule has 2 aromatic carbocycles. The Hall–Kier alpha value is -4.03. The lowest BCUT2D eigenvalue weighted by molar-refractivity contribution is -0.138. The number of aryl methyl sites for hydroxylation is 1. The fourth-order valence-electron chi connectivity index (χ4n) is 7.27. The summed E-state index contributed by atoms with van der Waals surface area (Å²) in [6.45, 7) is 3.26. The van der Waals surface area contributed by atoms with Crippen molar-refractivity contribution in [2.45, 2.75) is 75.4 Å². The first-order chi connectivity index (χ1) is 20.4. The Morgan fingerprint density at radius 1 is 1.00 bits per heavy atom. The largest absolute Gasteiger partial charge is 0.341 e. The van der Waals surface area contributed by atoms with Crippen LogP contribution in [0.1, 0.15) is 72.0 Å². The third kappa shape index (κ3) is 5.20. The summed E-state index contributed by atoms with van der Waals surface area (Å²) in [6, 6.07) is 17.5. The smallest absolute Gasteiger partial charge is 0.255 e. The first-order valence-electron chi connectivity index (χ1n) is 15.2. The second-order valence-corrected chi connectivity index (χ2v) is 12.0. The summed E-state index contributed by atoms with van der Waals surface area (Å²) < 4.78 is 0. The van der Waals surface area contributed by atoms with E-state index in [1.807, 2.05) is 47.4 Å². The van der Waals surface area contributed by atoms with E-state index < -0.39 is 17.4 Å². The minimum Gasteiger partial charge on any atom is -0.341 e. The molecule has 4 aliphatic rings. The van der Waals surface area contributed by atoms with Gasteiger partial charge in [0.05, 0.1) is 17.5 Å². The second-order valence-electron chi connectivity index (χ2n) is 12.0. The predicted octanol–water partition coefficient (Wildman–Crippen LogP) is 2.93. The Balaban J connectivity index is 1.05. The first-order valence-corrected chi connectivity index (χ1v) is 15.2. The Labute approximate surface area is 246 Å². The molecular weight excluding hydrogens is 530 g/mol. The molecule has 3 saturated heterocycles. The molecule has 4 aliphatic heterocycles. The van der Waals surface area contributed by atoms with Crippen LogP contribution in [-0.2, 0) is 32.8 Å². The van der Waals surface area contributed by atoms with Crippen molar-refractivity contribution in [3.63, 3.8) is 0 Å². The topological polar surface area (TPSA) is 114 Å². The molecule has 6 rings (SSSR count). The van der Waals surface area contributed by atoms with Crippen LogP contribution in [0, 0.1) is 11.3 Å². The van der Waals surface area contributed by atoms with Crippen LogP contribution in [0.15, 0.2) is 48.5 Å². The molecule has 0 saturated carbocycles. The molecule has 4 amide bonds. The van der Waals surface area contributed by atoms with Gasteiger partial charge in [0.25, 0.3) is 5.91 Å². The zero-order chi connectivity index (χ0) is 29.3. The third-order valence-corrected chi connectivity index (χ3v) is 9.69. The predicted molar refractivity (Wildman–Crippen MR) is 155 cm³/mol. The average molecular weight is 568 g/mol. The van der Waals surface area contributed by atoms with Crippen LogP contribution in [0.5, 0.6) is 0 Å². The highest BCUT2D eigenvalue weighted by atomic mass is 16.2. The summed E-state index contributed by atoms with van der Waals surface area (Å²) in [4.78, 5) is 56.6. The molecule has 4 heterocycles. The minimum atomic E-state index is -0.618. The van der Waals surface area contributed by atoms with Crippen molar-refractivity contribution in [3.05, 3.63) is 70.8 Å². The second kappa shape index (κ2) is 11.7. The lowest BCUT2D eigenvalue weighted by Crippen LogP contribution is -2.52. The van der Waals surface area contributed by atoms with Crippen molar-refractivity contribution in [3.8, 4) is 6.07 Å². The van der Waals surface area contributed by atoms with Gasteiger partial charge in [0.1, 0.15) is 6.04 Å². The van der Waals surface area contributed by atoms with E-state index in [0.29, 0.717) is 44.5 Å². The number of hydrogen-bond acceptors (Lipinski definition) is 6. The van der Waals surface area contributed by atoms with E-state index in [-0.39, 0.29) is 30.2 Å². The fraction of sp³-hybridized carbons (Fsp3) is 0.485. The highest BCUT2D eigenvalue weighted by Gasteiger charge is 2.42. The lowest BCUT2D eigenvalue weighted by atomic mass is 9.74. The van der Waals surface area contributed by atoms with E-state index >= 15 is 0 Å². The number of likely N-dealkylation sites (tertiary alicyclic amines) is 2. The van der Waals surface area contributed by atoms with Gasteiger partial charge in [0.2, 0.25) is 17.7 Å². The minimum absolute atomic E-state index is 0.123. The lowest BCUT2D eigenvalue weighted by Gasteiger charge is -2.39. The molecule has 0 aliphatic carbocycles. The molecule has 0 aromatic heterocycles. The van der Waals surface area contributed by atoms with Crippen LogP contribution < -0.4 is 5.32 Å². The highest BCUT2D eigenvalue weighted by molar-refractivity contribution is 6.05. The number of nitrogens with one attached hydrogen (secondary N) is 1. The van der Waals surface area contributed by atoms with E-state index in [4.69, 9.17) is 0 Å². The number of nitrogens with zero attached hydrogens (tertiary/aromatic N) is 4. The van der Waals surface area contributed by atoms with Crippen LogP contribution in [0.25, 0.3) is 0 Å². The number of hydrogen-bond donors (Lipinski definition) is 1. The molecule has 42 heavy (non-hydrogen) atoms. The molecule has 9 heteroatoms. The maximum Gasteiger partial charge on any atom is 0.255 e. The van der Waals surface area contributed by atoms with Crippen LogP contribution in [0.4, 0.5) is 0 Å². The first kappa shape index (κ1) is 28.1. The van der Waals surface area contributed by atoms with Crippen LogP contribution in [0.3, 0.4) is 0 Å². The highest BCUT2D eigenvalue weighted by Crippen LogP contribution is 2.36. The molecule has 218 valence electrons. The zero-order valence-electron chi connectivity index (χ0n) is 23.9. The normalized spacial score (nSPS) is 23.9. The molecular formula is C33H37N5O4. The van der Waals surface area contributed by atoms with Crippen LogP contribution in [0.2, 0.25) is 0 Å². The summed E-state index contributed by atoms with van der Waals surface area (Å²) in [5.41, 5.74) is 3.21. The van der Waals surface area contributed by atoms with Gasteiger partial charge in [-0.15, -0.1) is 0 Å². The van der Waals surface area contributed by atoms with Gasteiger partial charge in [-0.05, 0) is 80.8 Å². The van der Waals surface area contributed by atoms with Gasteiger partial charge in [-0.25, -0.2) is 0 Å². The van der Waals surface area contributed by atoms with Crippen LogP contribution >= 0.6 is 0 Å². The summed E-state index contributed by atoms with van der Waals surface area (Å²) in [6.07, 6.45) is 5.38. The van der Waals surface area contributed by atoms with Crippen molar-refractivity contribution in [2.24, 2.45) is 0 Å². The molecule has 0 radical (unpaired) electrons. The van der Waals surface area contributed by atoms with E-state index in [0.717, 1.165) is 55.5 Å². The zero-order valence-corrected chi connectivity index (χ0v) is 23.9. The van der Waals surface area contributed by atoms with Crippen molar-refractivity contribution in [1.29, 1.82) is 5.26 Å². The van der Waals surface area contributed by atoms with E-state index in [1.54, 1.807) is 4.90 Å². The van der Waals surface area contributed by atoms with Crippen molar-refractivity contribution in [1.82, 2.24) is 20.0 Å². The van der Waals surface area contributed by atoms with Crippen molar-refractivity contribution < 1.29 is 19.2 Å². The maximum atomic E-state index is 13.6. The molecule has 2 aromatic rings. The van der Waals surface area contributed by atoms with E-state index in [2.05, 4.69) is 22.4 Å². The van der Waals surface area contributed by atoms with Crippen molar-refractivity contribution in [2.75, 3.05) is 26.2 Å². The van der Waals surface area contributed by atoms with E-state index in [9.17, 15) is 24.4 Å². The Morgan fingerprint density at radius 3 is 2.52 bits per heavy atom. The number of nitriles is 1. The number of benzene rings is 2. The molecule has 3 fully saturated rings. The van der Waals surface area contributed by atoms with Gasteiger partial charge in [-0.3, -0.25) is 29.4 Å². The van der Waals surface area contributed by atoms with Gasteiger partial charge >= 0.3 is 0 Å². The SMILES string of the molecule is N#CC1(c2ccccc2)CCN(C(=O)C2CCCN2CCCc2cccc3c2CN(C2CCC(=O)NC2=O)C3=O)CC1. The number of carbonyl (C=O) groups excluding carboxylic acids is 4. The molecule has 0 bridgehead atoms. The number of fused-ring (bicyclic) bond motifs is 1. The van der Waals surface area contributed by atoms with Gasteiger partial charge in [-0.2, -0.15) is 5.26 Å². The number of imide groups is 1. The Bertz CT molecular complexity index is 1430. The quantitative estimate of drug-likeness (QED) is 0.515. The number of amides is 4. The van der Waals surface area contributed by atoms with Gasteiger partial charge in [0.15, 0.2) is 0 Å². The summed E-state index contributed by atoms with van der Waals surface area (Å²) >= 11 is 0. The number of carbonyl (C=O) groups is 4. The molecule has 2 atom stereocenters. The summed E-state index contributed by atoms with van der Waals surface area (Å²) in [5, 5.41) is 12.4. The third-order valence-electron chi connectivity index (χ3n) is 9.69.